The maximum atomic E-state index is 12.3. The molecule has 19 heavy (non-hydrogen) atoms. The lowest BCUT2D eigenvalue weighted by molar-refractivity contribution is -0.382. The number of nitrogens with zero attached hydrogens (tertiary/aromatic N) is 2. The second-order valence-electron chi connectivity index (χ2n) is 3.83. The van der Waals surface area contributed by atoms with Crippen LogP contribution in [-0.2, 0) is 0 Å². The van der Waals surface area contributed by atoms with Crippen molar-refractivity contribution in [3.05, 3.63) is 56.0 Å². The lowest BCUT2D eigenvalue weighted by Gasteiger charge is -2.02. The van der Waals surface area contributed by atoms with E-state index in [2.05, 4.69) is 4.98 Å². The van der Waals surface area contributed by atoms with Crippen LogP contribution in [0.5, 0.6) is 0 Å². The number of fused-ring (bicyclic) bond motifs is 2. The van der Waals surface area contributed by atoms with Gasteiger partial charge in [-0.15, -0.1) is 11.3 Å². The fourth-order valence-corrected chi connectivity index (χ4v) is 3.35. The maximum Gasteiger partial charge on any atom is 0.287 e. The van der Waals surface area contributed by atoms with E-state index in [0.717, 1.165) is 0 Å². The second-order valence-corrected chi connectivity index (χ2v) is 5.29. The van der Waals surface area contributed by atoms with Crippen LogP contribution in [0.1, 0.15) is 0 Å². The van der Waals surface area contributed by atoms with E-state index in [-0.39, 0.29) is 21.5 Å². The number of halogens is 1. The molecule has 0 aliphatic carbocycles. The van der Waals surface area contributed by atoms with Crippen molar-refractivity contribution in [2.45, 2.75) is 0 Å². The second kappa shape index (κ2) is 4.25. The summed E-state index contributed by atoms with van der Waals surface area (Å²) in [5.74, 6) is 0. The molecule has 0 saturated carbocycles. The van der Waals surface area contributed by atoms with Gasteiger partial charge < -0.3 is 0 Å². The Morgan fingerprint density at radius 2 is 2.11 bits per heavy atom. The molecule has 1 aromatic carbocycles. The predicted octanol–water partition coefficient (Wildman–Crippen LogP) is 3.37. The largest absolute Gasteiger partial charge is 0.288 e. The molecular formula is C12H5ClN2O3S. The maximum absolute atomic E-state index is 12.3. The minimum Gasteiger partial charge on any atom is -0.288 e. The van der Waals surface area contributed by atoms with Gasteiger partial charge in [-0.25, -0.2) is 0 Å². The zero-order chi connectivity index (χ0) is 13.6. The minimum absolute atomic E-state index is 0.111. The Morgan fingerprint density at radius 1 is 1.32 bits per heavy atom. The Balaban J connectivity index is 2.64. The van der Waals surface area contributed by atoms with Crippen molar-refractivity contribution < 1.29 is 4.92 Å². The fraction of sp³-hybridized carbons (Fsp3) is 0. The highest BCUT2D eigenvalue weighted by molar-refractivity contribution is 7.25. The summed E-state index contributed by atoms with van der Waals surface area (Å²) in [6, 6.07) is 4.34. The van der Waals surface area contributed by atoms with Crippen LogP contribution in [0.25, 0.3) is 20.2 Å². The molecular weight excluding hydrogens is 288 g/mol. The van der Waals surface area contributed by atoms with Crippen molar-refractivity contribution in [3.63, 3.8) is 0 Å². The summed E-state index contributed by atoms with van der Waals surface area (Å²) in [7, 11) is 0. The summed E-state index contributed by atoms with van der Waals surface area (Å²) in [4.78, 5) is 26.8. The number of pyridine rings is 1. The van der Waals surface area contributed by atoms with Crippen LogP contribution < -0.4 is 5.43 Å². The highest BCUT2D eigenvalue weighted by Crippen LogP contribution is 2.35. The van der Waals surface area contributed by atoms with Crippen molar-refractivity contribution in [1.82, 2.24) is 4.98 Å². The van der Waals surface area contributed by atoms with Crippen LogP contribution in [0.3, 0.4) is 0 Å². The first kappa shape index (κ1) is 12.0. The van der Waals surface area contributed by atoms with Gasteiger partial charge in [0.1, 0.15) is 4.70 Å². The van der Waals surface area contributed by atoms with E-state index in [0.29, 0.717) is 14.8 Å². The Bertz CT molecular complexity index is 891. The van der Waals surface area contributed by atoms with Gasteiger partial charge in [-0.1, -0.05) is 11.6 Å². The average Bonchev–Trinajstić information content (AvgIpc) is 2.38. The molecule has 94 valence electrons. The zero-order valence-corrected chi connectivity index (χ0v) is 10.9. The number of nitro groups is 1. The van der Waals surface area contributed by atoms with Crippen LogP contribution in [0, 0.1) is 10.1 Å². The van der Waals surface area contributed by atoms with Crippen molar-refractivity contribution in [3.8, 4) is 0 Å². The van der Waals surface area contributed by atoms with E-state index in [4.69, 9.17) is 11.6 Å². The molecule has 0 atom stereocenters. The lowest BCUT2D eigenvalue weighted by Crippen LogP contribution is -2.03. The van der Waals surface area contributed by atoms with Gasteiger partial charge >= 0.3 is 0 Å². The molecule has 0 saturated heterocycles. The first-order valence-electron chi connectivity index (χ1n) is 5.23. The van der Waals surface area contributed by atoms with E-state index in [1.165, 1.54) is 29.7 Å². The van der Waals surface area contributed by atoms with Gasteiger partial charge in [0.2, 0.25) is 0 Å². The molecule has 5 nitrogen and oxygen atoms in total. The van der Waals surface area contributed by atoms with E-state index in [9.17, 15) is 14.9 Å². The Hall–Kier alpha value is -2.05. The molecule has 0 radical (unpaired) electrons. The molecule has 2 aromatic heterocycles. The molecule has 0 N–H and O–H groups in total. The summed E-state index contributed by atoms with van der Waals surface area (Å²) in [5, 5.41) is 11.8. The monoisotopic (exact) mass is 292 g/mol. The Labute approximate surface area is 115 Å². The molecule has 0 spiro atoms. The number of nitro benzene ring substituents is 1. The van der Waals surface area contributed by atoms with Gasteiger partial charge in [0, 0.05) is 23.2 Å². The zero-order valence-electron chi connectivity index (χ0n) is 9.29. The molecule has 7 heteroatoms. The first-order chi connectivity index (χ1) is 9.09. The third kappa shape index (κ3) is 1.76. The molecule has 3 rings (SSSR count). The standard InChI is InChI=1S/C12H5ClN2O3S/c13-7-1-2-8(15(17)18)12-10(7)11(16)6-5-14-4-3-9(6)19-12/h1-5H. The number of hydrogen-bond donors (Lipinski definition) is 0. The Morgan fingerprint density at radius 3 is 2.84 bits per heavy atom. The van der Waals surface area contributed by atoms with Gasteiger partial charge in [0.25, 0.3) is 5.69 Å². The molecule has 0 unspecified atom stereocenters. The van der Waals surface area contributed by atoms with Crippen LogP contribution in [-0.4, -0.2) is 9.91 Å². The lowest BCUT2D eigenvalue weighted by atomic mass is 10.2. The van der Waals surface area contributed by atoms with Gasteiger partial charge in [0.15, 0.2) is 5.43 Å². The van der Waals surface area contributed by atoms with Crippen LogP contribution in [0.4, 0.5) is 5.69 Å². The molecule has 0 aliphatic heterocycles. The van der Waals surface area contributed by atoms with E-state index >= 15 is 0 Å². The molecule has 0 aliphatic rings. The SMILES string of the molecule is O=c1c2cnccc2sc2c([N+](=O)[O-])ccc(Cl)c12. The topological polar surface area (TPSA) is 73.1 Å². The highest BCUT2D eigenvalue weighted by atomic mass is 35.5. The van der Waals surface area contributed by atoms with Crippen molar-refractivity contribution in [1.29, 1.82) is 0 Å². The van der Waals surface area contributed by atoms with Crippen LogP contribution >= 0.6 is 22.9 Å². The van der Waals surface area contributed by atoms with Gasteiger partial charge in [-0.05, 0) is 12.1 Å². The third-order valence-corrected chi connectivity index (χ3v) is 4.26. The number of rotatable bonds is 1. The van der Waals surface area contributed by atoms with Crippen molar-refractivity contribution in [2.75, 3.05) is 0 Å². The summed E-state index contributed by atoms with van der Waals surface area (Å²) in [6.45, 7) is 0. The smallest absolute Gasteiger partial charge is 0.287 e. The summed E-state index contributed by atoms with van der Waals surface area (Å²) in [5.41, 5.74) is -0.439. The fourth-order valence-electron chi connectivity index (χ4n) is 1.89. The highest BCUT2D eigenvalue weighted by Gasteiger charge is 2.18. The van der Waals surface area contributed by atoms with Gasteiger partial charge in [-0.2, -0.15) is 0 Å². The van der Waals surface area contributed by atoms with Crippen LogP contribution in [0.15, 0.2) is 35.4 Å². The number of hydrogen-bond acceptors (Lipinski definition) is 5. The van der Waals surface area contributed by atoms with Crippen molar-refractivity contribution >= 4 is 48.8 Å². The summed E-state index contributed by atoms with van der Waals surface area (Å²) in [6.07, 6.45) is 2.99. The average molecular weight is 293 g/mol. The van der Waals surface area contributed by atoms with E-state index in [1.807, 2.05) is 0 Å². The van der Waals surface area contributed by atoms with E-state index in [1.54, 1.807) is 12.3 Å². The summed E-state index contributed by atoms with van der Waals surface area (Å²) >= 11 is 7.17. The Kier molecular flexibility index (Phi) is 2.69. The number of aromatic nitrogens is 1. The van der Waals surface area contributed by atoms with E-state index < -0.39 is 4.92 Å². The first-order valence-corrected chi connectivity index (χ1v) is 6.42. The molecule has 0 amide bonds. The molecule has 0 fully saturated rings. The summed E-state index contributed by atoms with van der Waals surface area (Å²) < 4.78 is 0.944. The molecule has 3 aromatic rings. The van der Waals surface area contributed by atoms with Crippen LogP contribution in [0.2, 0.25) is 5.02 Å². The minimum atomic E-state index is -0.512. The number of benzene rings is 1. The number of non-ortho nitro benzene ring substituents is 1. The van der Waals surface area contributed by atoms with Crippen molar-refractivity contribution in [2.24, 2.45) is 0 Å². The molecule has 0 bridgehead atoms. The van der Waals surface area contributed by atoms with Gasteiger partial charge in [-0.3, -0.25) is 19.9 Å². The van der Waals surface area contributed by atoms with Gasteiger partial charge in [0.05, 0.1) is 20.7 Å². The predicted molar refractivity (Wildman–Crippen MR) is 75.1 cm³/mol. The normalized spacial score (nSPS) is 11.0. The third-order valence-electron chi connectivity index (χ3n) is 2.75. The quantitative estimate of drug-likeness (QED) is 0.391. The molecule has 2 heterocycles.